The van der Waals surface area contributed by atoms with Crippen LogP contribution >= 0.6 is 11.6 Å². The molecule has 0 radical (unpaired) electrons. The Labute approximate surface area is 128 Å². The van der Waals surface area contributed by atoms with E-state index in [9.17, 15) is 0 Å². The van der Waals surface area contributed by atoms with Crippen molar-refractivity contribution < 1.29 is 0 Å². The van der Waals surface area contributed by atoms with Crippen molar-refractivity contribution in [2.24, 2.45) is 0 Å². The van der Waals surface area contributed by atoms with Crippen LogP contribution in [0.3, 0.4) is 0 Å². The van der Waals surface area contributed by atoms with E-state index < -0.39 is 0 Å². The zero-order chi connectivity index (χ0) is 15.0. The summed E-state index contributed by atoms with van der Waals surface area (Å²) in [5.41, 5.74) is 5.58. The smallest absolute Gasteiger partial charge is 0.0951 e. The second-order valence-corrected chi connectivity index (χ2v) is 5.50. The van der Waals surface area contributed by atoms with E-state index >= 15 is 0 Å². The Morgan fingerprint density at radius 3 is 2.33 bits per heavy atom. The van der Waals surface area contributed by atoms with Gasteiger partial charge in [0.25, 0.3) is 0 Å². The van der Waals surface area contributed by atoms with Gasteiger partial charge in [-0.1, -0.05) is 11.6 Å². The van der Waals surface area contributed by atoms with E-state index in [0.717, 1.165) is 34.0 Å². The molecule has 0 aliphatic rings. The van der Waals surface area contributed by atoms with Crippen LogP contribution in [0.1, 0.15) is 17.1 Å². The van der Waals surface area contributed by atoms with Gasteiger partial charge in [-0.15, -0.1) is 0 Å². The summed E-state index contributed by atoms with van der Waals surface area (Å²) in [7, 11) is 0. The minimum absolute atomic E-state index is 0.668. The van der Waals surface area contributed by atoms with Crippen LogP contribution in [0.15, 0.2) is 36.4 Å². The molecule has 3 aromatic rings. The highest BCUT2D eigenvalue weighted by molar-refractivity contribution is 6.30. The van der Waals surface area contributed by atoms with Gasteiger partial charge < -0.3 is 0 Å². The second kappa shape index (κ2) is 5.30. The molecule has 0 atom stereocenters. The van der Waals surface area contributed by atoms with Gasteiger partial charge in [-0.2, -0.15) is 15.3 Å². The van der Waals surface area contributed by atoms with Crippen LogP contribution in [0.5, 0.6) is 0 Å². The maximum atomic E-state index is 6.16. The quantitative estimate of drug-likeness (QED) is 0.720. The van der Waals surface area contributed by atoms with Gasteiger partial charge in [0.2, 0.25) is 0 Å². The topological polar surface area (TPSA) is 43.6 Å². The van der Waals surface area contributed by atoms with Gasteiger partial charge in [-0.3, -0.25) is 0 Å². The first-order valence-electron chi connectivity index (χ1n) is 6.68. The molecule has 0 amide bonds. The number of aromatic nitrogens is 4. The van der Waals surface area contributed by atoms with Gasteiger partial charge in [0.1, 0.15) is 0 Å². The van der Waals surface area contributed by atoms with Crippen molar-refractivity contribution in [1.29, 1.82) is 0 Å². The maximum absolute atomic E-state index is 6.16. The number of benzene rings is 1. The second-order valence-electron chi connectivity index (χ2n) is 5.06. The number of aryl methyl sites for hydroxylation is 3. The molecule has 2 heterocycles. The molecule has 1 aromatic carbocycles. The number of hydrogen-bond donors (Lipinski definition) is 0. The van der Waals surface area contributed by atoms with E-state index in [2.05, 4.69) is 15.3 Å². The van der Waals surface area contributed by atoms with Gasteiger partial charge in [-0.25, -0.2) is 4.68 Å². The normalized spacial score (nSPS) is 10.9. The van der Waals surface area contributed by atoms with Crippen molar-refractivity contribution in [3.8, 4) is 16.9 Å². The summed E-state index contributed by atoms with van der Waals surface area (Å²) in [5, 5.41) is 13.6. The van der Waals surface area contributed by atoms with Gasteiger partial charge in [0, 0.05) is 16.3 Å². The molecule has 0 saturated carbocycles. The predicted molar refractivity (Wildman–Crippen MR) is 83.8 cm³/mol. The summed E-state index contributed by atoms with van der Waals surface area (Å²) in [6.07, 6.45) is 0. The fourth-order valence-corrected chi connectivity index (χ4v) is 2.48. The van der Waals surface area contributed by atoms with Crippen LogP contribution in [0.25, 0.3) is 16.9 Å². The fraction of sp³-hybridized carbons (Fsp3) is 0.188. The number of nitrogens with zero attached hydrogens (tertiary/aromatic N) is 4. The molecule has 0 aliphatic heterocycles. The average molecular weight is 299 g/mol. The molecule has 0 bridgehead atoms. The van der Waals surface area contributed by atoms with E-state index in [1.807, 2.05) is 61.9 Å². The SMILES string of the molecule is Cc1ccc(-c2ccc(Cl)cc2-n2nc(C)cc2C)nn1. The third-order valence-corrected chi connectivity index (χ3v) is 3.51. The first kappa shape index (κ1) is 13.8. The maximum Gasteiger partial charge on any atom is 0.0951 e. The van der Waals surface area contributed by atoms with Crippen LogP contribution in [0.4, 0.5) is 0 Å². The fourth-order valence-electron chi connectivity index (χ4n) is 2.31. The van der Waals surface area contributed by atoms with Gasteiger partial charge in [0.15, 0.2) is 0 Å². The Hall–Kier alpha value is -2.20. The molecular formula is C16H15ClN4. The van der Waals surface area contributed by atoms with E-state index in [0.29, 0.717) is 5.02 Å². The largest absolute Gasteiger partial charge is 0.237 e. The van der Waals surface area contributed by atoms with E-state index in [-0.39, 0.29) is 0 Å². The molecule has 0 spiro atoms. The predicted octanol–water partition coefficient (Wildman–Crippen LogP) is 3.91. The van der Waals surface area contributed by atoms with Crippen molar-refractivity contribution in [3.05, 3.63) is 58.5 Å². The summed E-state index contributed by atoms with van der Waals surface area (Å²) >= 11 is 6.16. The van der Waals surface area contributed by atoms with E-state index in [1.54, 1.807) is 0 Å². The van der Waals surface area contributed by atoms with Crippen molar-refractivity contribution >= 4 is 11.6 Å². The van der Waals surface area contributed by atoms with Crippen molar-refractivity contribution in [2.75, 3.05) is 0 Å². The molecule has 2 aromatic heterocycles. The Bertz CT molecular complexity index is 791. The van der Waals surface area contributed by atoms with Crippen LogP contribution in [-0.4, -0.2) is 20.0 Å². The van der Waals surface area contributed by atoms with E-state index in [4.69, 9.17) is 11.6 Å². The van der Waals surface area contributed by atoms with Crippen LogP contribution < -0.4 is 0 Å². The Morgan fingerprint density at radius 2 is 1.71 bits per heavy atom. The number of rotatable bonds is 2. The Morgan fingerprint density at radius 1 is 0.905 bits per heavy atom. The highest BCUT2D eigenvalue weighted by Gasteiger charge is 2.12. The monoisotopic (exact) mass is 298 g/mol. The zero-order valence-electron chi connectivity index (χ0n) is 12.1. The third-order valence-electron chi connectivity index (χ3n) is 3.27. The number of hydrogen-bond acceptors (Lipinski definition) is 3. The summed E-state index contributed by atoms with van der Waals surface area (Å²) in [6.45, 7) is 5.91. The molecule has 0 fully saturated rings. The summed E-state index contributed by atoms with van der Waals surface area (Å²) in [5.74, 6) is 0. The zero-order valence-corrected chi connectivity index (χ0v) is 12.9. The van der Waals surface area contributed by atoms with Gasteiger partial charge >= 0.3 is 0 Å². The molecule has 0 aliphatic carbocycles. The van der Waals surface area contributed by atoms with Gasteiger partial charge in [-0.05, 0) is 57.2 Å². The van der Waals surface area contributed by atoms with E-state index in [1.165, 1.54) is 0 Å². The third kappa shape index (κ3) is 2.67. The standard InChI is InChI=1S/C16H15ClN4/c1-10-4-7-15(19-18-10)14-6-5-13(17)9-16(14)21-12(3)8-11(2)20-21/h4-9H,1-3H3. The van der Waals surface area contributed by atoms with Crippen molar-refractivity contribution in [3.63, 3.8) is 0 Å². The molecule has 5 heteroatoms. The summed E-state index contributed by atoms with van der Waals surface area (Å²) in [6, 6.07) is 11.6. The van der Waals surface area contributed by atoms with Gasteiger partial charge in [0.05, 0.1) is 22.8 Å². The molecule has 0 saturated heterocycles. The summed E-state index contributed by atoms with van der Waals surface area (Å²) in [4.78, 5) is 0. The molecule has 21 heavy (non-hydrogen) atoms. The molecule has 4 nitrogen and oxygen atoms in total. The lowest BCUT2D eigenvalue weighted by Gasteiger charge is -2.11. The van der Waals surface area contributed by atoms with Crippen LogP contribution in [-0.2, 0) is 0 Å². The first-order chi connectivity index (χ1) is 10.0. The molecular weight excluding hydrogens is 284 g/mol. The molecule has 3 rings (SSSR count). The summed E-state index contributed by atoms with van der Waals surface area (Å²) < 4.78 is 1.89. The lowest BCUT2D eigenvalue weighted by Crippen LogP contribution is -2.02. The van der Waals surface area contributed by atoms with Crippen LogP contribution in [0, 0.1) is 20.8 Å². The minimum atomic E-state index is 0.668. The lowest BCUT2D eigenvalue weighted by atomic mass is 10.1. The number of halogens is 1. The Balaban J connectivity index is 2.22. The minimum Gasteiger partial charge on any atom is -0.237 e. The molecule has 0 unspecified atom stereocenters. The lowest BCUT2D eigenvalue weighted by molar-refractivity contribution is 0.833. The average Bonchev–Trinajstić information content (AvgIpc) is 2.79. The first-order valence-corrected chi connectivity index (χ1v) is 7.06. The highest BCUT2D eigenvalue weighted by atomic mass is 35.5. The molecule has 0 N–H and O–H groups in total. The van der Waals surface area contributed by atoms with Crippen LogP contribution in [0.2, 0.25) is 5.02 Å². The van der Waals surface area contributed by atoms with Crippen molar-refractivity contribution in [2.45, 2.75) is 20.8 Å². The molecule has 106 valence electrons. The highest BCUT2D eigenvalue weighted by Crippen LogP contribution is 2.28. The van der Waals surface area contributed by atoms with Crippen molar-refractivity contribution in [1.82, 2.24) is 20.0 Å². The Kier molecular flexibility index (Phi) is 3.47.